The number of aromatic nitrogens is 2. The molecule has 4 nitrogen and oxygen atoms in total. The van der Waals surface area contributed by atoms with E-state index < -0.39 is 0 Å². The molecule has 0 amide bonds. The van der Waals surface area contributed by atoms with Crippen molar-refractivity contribution in [3.8, 4) is 0 Å². The highest BCUT2D eigenvalue weighted by Gasteiger charge is 2.07. The highest BCUT2D eigenvalue weighted by molar-refractivity contribution is 9.10. The Balaban J connectivity index is 2.72. The monoisotopic (exact) mass is 287 g/mol. The van der Waals surface area contributed by atoms with E-state index >= 15 is 0 Å². The van der Waals surface area contributed by atoms with Crippen molar-refractivity contribution in [2.75, 3.05) is 19.0 Å². The summed E-state index contributed by atoms with van der Waals surface area (Å²) in [5, 5.41) is 3.23. The Bertz CT molecular complexity index is 344. The van der Waals surface area contributed by atoms with Gasteiger partial charge in [-0.3, -0.25) is 0 Å². The molecular weight excluding hydrogens is 270 g/mol. The molecule has 0 aromatic carbocycles. The summed E-state index contributed by atoms with van der Waals surface area (Å²) >= 11 is 3.38. The number of nitrogens with one attached hydrogen (secondary N) is 1. The molecule has 1 aromatic rings. The number of methoxy groups -OCH3 is 1. The number of hydrogen-bond acceptors (Lipinski definition) is 4. The molecule has 0 aliphatic rings. The summed E-state index contributed by atoms with van der Waals surface area (Å²) < 4.78 is 5.97. The SMILES string of the molecule is COC(C)CNc1cc(Br)nc(C(C)C)n1. The van der Waals surface area contributed by atoms with Crippen LogP contribution in [0.1, 0.15) is 32.5 Å². The van der Waals surface area contributed by atoms with E-state index in [0.29, 0.717) is 5.92 Å². The number of halogens is 1. The zero-order valence-corrected chi connectivity index (χ0v) is 11.7. The molecule has 1 atom stereocenters. The van der Waals surface area contributed by atoms with E-state index in [4.69, 9.17) is 4.74 Å². The lowest BCUT2D eigenvalue weighted by atomic mass is 10.2. The normalized spacial score (nSPS) is 12.9. The van der Waals surface area contributed by atoms with Crippen LogP contribution in [-0.4, -0.2) is 29.7 Å². The lowest BCUT2D eigenvalue weighted by Gasteiger charge is -2.13. The second kappa shape index (κ2) is 6.15. The molecule has 0 aliphatic carbocycles. The summed E-state index contributed by atoms with van der Waals surface area (Å²) in [5.41, 5.74) is 0. The van der Waals surface area contributed by atoms with Gasteiger partial charge < -0.3 is 10.1 Å². The Kier molecular flexibility index (Phi) is 5.15. The minimum absolute atomic E-state index is 0.163. The van der Waals surface area contributed by atoms with Gasteiger partial charge in [0.2, 0.25) is 0 Å². The second-order valence-corrected chi connectivity index (χ2v) is 4.83. The zero-order chi connectivity index (χ0) is 12.1. The summed E-state index contributed by atoms with van der Waals surface area (Å²) in [5.74, 6) is 1.98. The summed E-state index contributed by atoms with van der Waals surface area (Å²) in [4.78, 5) is 8.75. The summed E-state index contributed by atoms with van der Waals surface area (Å²) in [7, 11) is 1.70. The third-order valence-electron chi connectivity index (χ3n) is 2.20. The van der Waals surface area contributed by atoms with E-state index in [1.807, 2.05) is 13.0 Å². The molecule has 5 heteroatoms. The predicted octanol–water partition coefficient (Wildman–Crippen LogP) is 2.81. The summed E-state index contributed by atoms with van der Waals surface area (Å²) in [6.45, 7) is 6.89. The van der Waals surface area contributed by atoms with Crippen LogP contribution >= 0.6 is 15.9 Å². The van der Waals surface area contributed by atoms with Crippen LogP contribution in [-0.2, 0) is 4.74 Å². The van der Waals surface area contributed by atoms with Gasteiger partial charge in [0.15, 0.2) is 0 Å². The van der Waals surface area contributed by atoms with Crippen LogP contribution in [0.15, 0.2) is 10.7 Å². The summed E-state index contributed by atoms with van der Waals surface area (Å²) in [6.07, 6.45) is 0.163. The lowest BCUT2D eigenvalue weighted by Crippen LogP contribution is -2.19. The number of anilines is 1. The van der Waals surface area contributed by atoms with Crippen LogP contribution in [0, 0.1) is 0 Å². The molecule has 0 bridgehead atoms. The first kappa shape index (κ1) is 13.4. The van der Waals surface area contributed by atoms with Gasteiger partial charge in [-0.1, -0.05) is 13.8 Å². The van der Waals surface area contributed by atoms with Gasteiger partial charge in [-0.05, 0) is 22.9 Å². The molecule has 0 saturated heterocycles. The molecule has 90 valence electrons. The molecular formula is C11H18BrN3O. The van der Waals surface area contributed by atoms with Crippen molar-refractivity contribution in [3.05, 3.63) is 16.5 Å². The van der Waals surface area contributed by atoms with Crippen LogP contribution < -0.4 is 5.32 Å². The van der Waals surface area contributed by atoms with Gasteiger partial charge in [0, 0.05) is 25.6 Å². The van der Waals surface area contributed by atoms with Crippen LogP contribution in [0.5, 0.6) is 0 Å². The Morgan fingerprint density at radius 1 is 1.38 bits per heavy atom. The third kappa shape index (κ3) is 4.06. The minimum atomic E-state index is 0.163. The molecule has 1 aromatic heterocycles. The largest absolute Gasteiger partial charge is 0.380 e. The van der Waals surface area contributed by atoms with Crippen molar-refractivity contribution in [2.45, 2.75) is 32.8 Å². The van der Waals surface area contributed by atoms with Crippen molar-refractivity contribution < 1.29 is 4.74 Å². The van der Waals surface area contributed by atoms with Crippen molar-refractivity contribution in [1.82, 2.24) is 9.97 Å². The fourth-order valence-electron chi connectivity index (χ4n) is 1.12. The van der Waals surface area contributed by atoms with Crippen LogP contribution in [0.4, 0.5) is 5.82 Å². The number of ether oxygens (including phenoxy) is 1. The quantitative estimate of drug-likeness (QED) is 0.846. The van der Waals surface area contributed by atoms with Crippen LogP contribution in [0.3, 0.4) is 0 Å². The van der Waals surface area contributed by atoms with Crippen molar-refractivity contribution in [1.29, 1.82) is 0 Å². The second-order valence-electron chi connectivity index (χ2n) is 4.02. The lowest BCUT2D eigenvalue weighted by molar-refractivity contribution is 0.128. The standard InChI is InChI=1S/C11H18BrN3O/c1-7(2)11-14-9(12)5-10(15-11)13-6-8(3)16-4/h5,7-8H,6H2,1-4H3,(H,13,14,15). The number of nitrogens with zero attached hydrogens (tertiary/aromatic N) is 2. The molecule has 0 saturated carbocycles. The Morgan fingerprint density at radius 2 is 2.06 bits per heavy atom. The maximum Gasteiger partial charge on any atom is 0.134 e. The predicted molar refractivity (Wildman–Crippen MR) is 68.8 cm³/mol. The molecule has 1 heterocycles. The maximum atomic E-state index is 5.16. The molecule has 1 rings (SSSR count). The average molecular weight is 288 g/mol. The Hall–Kier alpha value is -0.680. The summed E-state index contributed by atoms with van der Waals surface area (Å²) in [6, 6.07) is 1.87. The van der Waals surface area contributed by atoms with E-state index in [0.717, 1.165) is 22.8 Å². The topological polar surface area (TPSA) is 47.0 Å². The highest BCUT2D eigenvalue weighted by Crippen LogP contribution is 2.17. The van der Waals surface area contributed by atoms with Gasteiger partial charge >= 0.3 is 0 Å². The van der Waals surface area contributed by atoms with Gasteiger partial charge in [-0.15, -0.1) is 0 Å². The van der Waals surface area contributed by atoms with Gasteiger partial charge in [0.25, 0.3) is 0 Å². The van der Waals surface area contributed by atoms with E-state index in [1.54, 1.807) is 7.11 Å². The molecule has 1 N–H and O–H groups in total. The Labute approximate surface area is 105 Å². The van der Waals surface area contributed by atoms with Crippen LogP contribution in [0.2, 0.25) is 0 Å². The number of rotatable bonds is 5. The third-order valence-corrected chi connectivity index (χ3v) is 2.61. The molecule has 16 heavy (non-hydrogen) atoms. The highest BCUT2D eigenvalue weighted by atomic mass is 79.9. The van der Waals surface area contributed by atoms with E-state index in [1.165, 1.54) is 0 Å². The fraction of sp³-hybridized carbons (Fsp3) is 0.636. The molecule has 0 aliphatic heterocycles. The average Bonchev–Trinajstić information content (AvgIpc) is 2.25. The minimum Gasteiger partial charge on any atom is -0.380 e. The van der Waals surface area contributed by atoms with Gasteiger partial charge in [0.1, 0.15) is 16.2 Å². The van der Waals surface area contributed by atoms with Crippen LogP contribution in [0.25, 0.3) is 0 Å². The molecule has 0 radical (unpaired) electrons. The molecule has 1 unspecified atom stereocenters. The van der Waals surface area contributed by atoms with Crippen molar-refractivity contribution in [2.24, 2.45) is 0 Å². The fourth-order valence-corrected chi connectivity index (χ4v) is 1.51. The first-order valence-electron chi connectivity index (χ1n) is 5.34. The Morgan fingerprint density at radius 3 is 2.62 bits per heavy atom. The van der Waals surface area contributed by atoms with E-state index in [2.05, 4.69) is 45.1 Å². The number of hydrogen-bond donors (Lipinski definition) is 1. The van der Waals surface area contributed by atoms with E-state index in [-0.39, 0.29) is 6.10 Å². The first-order chi connectivity index (χ1) is 7.52. The zero-order valence-electron chi connectivity index (χ0n) is 10.1. The van der Waals surface area contributed by atoms with Gasteiger partial charge in [0.05, 0.1) is 6.10 Å². The van der Waals surface area contributed by atoms with Crippen molar-refractivity contribution in [3.63, 3.8) is 0 Å². The van der Waals surface area contributed by atoms with Crippen molar-refractivity contribution >= 4 is 21.7 Å². The maximum absolute atomic E-state index is 5.16. The van der Waals surface area contributed by atoms with Gasteiger partial charge in [-0.2, -0.15) is 0 Å². The van der Waals surface area contributed by atoms with E-state index in [9.17, 15) is 0 Å². The molecule has 0 spiro atoms. The van der Waals surface area contributed by atoms with Gasteiger partial charge in [-0.25, -0.2) is 9.97 Å². The molecule has 0 fully saturated rings. The smallest absolute Gasteiger partial charge is 0.134 e. The first-order valence-corrected chi connectivity index (χ1v) is 6.13.